The van der Waals surface area contributed by atoms with Gasteiger partial charge in [-0.15, -0.1) is 0 Å². The van der Waals surface area contributed by atoms with Crippen molar-refractivity contribution in [2.75, 3.05) is 46.4 Å². The average molecular weight is 384 g/mol. The monoisotopic (exact) mass is 384 g/mol. The number of likely N-dealkylation sites (N-methyl/N-ethyl adjacent to an activating group) is 1. The fourth-order valence-corrected chi connectivity index (χ4v) is 3.61. The van der Waals surface area contributed by atoms with E-state index in [1.54, 1.807) is 7.11 Å². The van der Waals surface area contributed by atoms with Crippen LogP contribution in [0.25, 0.3) is 0 Å². The average Bonchev–Trinajstić information content (AvgIpc) is 2.75. The molecule has 1 unspecified atom stereocenters. The quantitative estimate of drug-likeness (QED) is 0.756. The van der Waals surface area contributed by atoms with Crippen LogP contribution in [0.5, 0.6) is 5.75 Å². The Morgan fingerprint density at radius 3 is 2.57 bits per heavy atom. The van der Waals surface area contributed by atoms with E-state index in [9.17, 15) is 9.59 Å². The minimum Gasteiger partial charge on any atom is -0.496 e. The zero-order chi connectivity index (χ0) is 19.9. The van der Waals surface area contributed by atoms with Gasteiger partial charge in [0.1, 0.15) is 5.75 Å². The van der Waals surface area contributed by atoms with Crippen LogP contribution in [0.2, 0.25) is 0 Å². The first-order valence-corrected chi connectivity index (χ1v) is 9.68. The van der Waals surface area contributed by atoms with E-state index < -0.39 is 0 Å². The molecule has 7 heteroatoms. The molecule has 1 fully saturated rings. The highest BCUT2D eigenvalue weighted by Gasteiger charge is 2.27. The summed E-state index contributed by atoms with van der Waals surface area (Å²) in [7, 11) is 1.67. The van der Waals surface area contributed by atoms with E-state index in [-0.39, 0.29) is 17.5 Å². The summed E-state index contributed by atoms with van der Waals surface area (Å²) in [4.78, 5) is 31.1. The van der Waals surface area contributed by atoms with Gasteiger partial charge in [0.05, 0.1) is 18.7 Å². The SMILES string of the molecule is CCN1CCN(C(CNC(=O)c2ccc(=O)[nH]c2)c2ccccc2OC)CC1. The van der Waals surface area contributed by atoms with E-state index >= 15 is 0 Å². The molecule has 0 saturated carbocycles. The predicted octanol–water partition coefficient (Wildman–Crippen LogP) is 1.49. The normalized spacial score (nSPS) is 16.5. The van der Waals surface area contributed by atoms with Crippen LogP contribution < -0.4 is 15.6 Å². The number of piperazine rings is 1. The number of rotatable bonds is 7. The second-order valence-electron chi connectivity index (χ2n) is 6.88. The summed E-state index contributed by atoms with van der Waals surface area (Å²) in [5.41, 5.74) is 1.28. The number of methoxy groups -OCH3 is 1. The Morgan fingerprint density at radius 2 is 1.93 bits per heavy atom. The van der Waals surface area contributed by atoms with Crippen LogP contribution in [-0.4, -0.2) is 67.1 Å². The molecule has 1 aromatic heterocycles. The first kappa shape index (κ1) is 20.1. The van der Waals surface area contributed by atoms with E-state index in [2.05, 4.69) is 33.1 Å². The Morgan fingerprint density at radius 1 is 1.18 bits per heavy atom. The Labute approximate surface area is 165 Å². The molecule has 1 aliphatic rings. The van der Waals surface area contributed by atoms with Gasteiger partial charge >= 0.3 is 0 Å². The zero-order valence-electron chi connectivity index (χ0n) is 16.5. The maximum absolute atomic E-state index is 12.5. The van der Waals surface area contributed by atoms with Crippen molar-refractivity contribution in [1.82, 2.24) is 20.1 Å². The summed E-state index contributed by atoms with van der Waals surface area (Å²) in [6.07, 6.45) is 1.44. The van der Waals surface area contributed by atoms with E-state index in [0.29, 0.717) is 12.1 Å². The second kappa shape index (κ2) is 9.52. The molecule has 1 aliphatic heterocycles. The summed E-state index contributed by atoms with van der Waals surface area (Å²) in [6.45, 7) is 7.58. The van der Waals surface area contributed by atoms with Crippen molar-refractivity contribution in [1.29, 1.82) is 0 Å². The number of amides is 1. The van der Waals surface area contributed by atoms with Crippen LogP contribution in [-0.2, 0) is 0 Å². The molecule has 0 spiro atoms. The van der Waals surface area contributed by atoms with Crippen LogP contribution in [0.4, 0.5) is 0 Å². The van der Waals surface area contributed by atoms with Gasteiger partial charge < -0.3 is 19.9 Å². The molecule has 7 nitrogen and oxygen atoms in total. The van der Waals surface area contributed by atoms with Gasteiger partial charge in [0.25, 0.3) is 5.91 Å². The molecular weight excluding hydrogens is 356 g/mol. The number of aromatic amines is 1. The number of H-pyrrole nitrogens is 1. The maximum Gasteiger partial charge on any atom is 0.252 e. The van der Waals surface area contributed by atoms with E-state index in [0.717, 1.165) is 44.0 Å². The molecule has 0 radical (unpaired) electrons. The van der Waals surface area contributed by atoms with Crippen molar-refractivity contribution in [2.24, 2.45) is 0 Å². The predicted molar refractivity (Wildman–Crippen MR) is 109 cm³/mol. The Bertz CT molecular complexity index is 823. The van der Waals surface area contributed by atoms with Gasteiger partial charge in [-0.05, 0) is 18.7 Å². The molecule has 1 saturated heterocycles. The Kier molecular flexibility index (Phi) is 6.84. The molecule has 2 heterocycles. The van der Waals surface area contributed by atoms with E-state index in [1.807, 2.05) is 18.2 Å². The molecule has 2 aromatic rings. The smallest absolute Gasteiger partial charge is 0.252 e. The van der Waals surface area contributed by atoms with Crippen molar-refractivity contribution in [2.45, 2.75) is 13.0 Å². The highest BCUT2D eigenvalue weighted by atomic mass is 16.5. The molecule has 1 amide bonds. The van der Waals surface area contributed by atoms with E-state index in [4.69, 9.17) is 4.74 Å². The lowest BCUT2D eigenvalue weighted by atomic mass is 10.0. The number of carbonyl (C=O) groups excluding carboxylic acids is 1. The number of nitrogens with zero attached hydrogens (tertiary/aromatic N) is 2. The minimum absolute atomic E-state index is 0.0156. The van der Waals surface area contributed by atoms with Gasteiger partial charge in [-0.25, -0.2) is 0 Å². The molecule has 0 bridgehead atoms. The maximum atomic E-state index is 12.5. The summed E-state index contributed by atoms with van der Waals surface area (Å²) >= 11 is 0. The third-order valence-corrected chi connectivity index (χ3v) is 5.30. The molecule has 0 aliphatic carbocycles. The molecule has 1 atom stereocenters. The van der Waals surface area contributed by atoms with Gasteiger partial charge in [0.15, 0.2) is 0 Å². The van der Waals surface area contributed by atoms with Crippen LogP contribution in [0, 0.1) is 0 Å². The number of pyridine rings is 1. The second-order valence-corrected chi connectivity index (χ2v) is 6.88. The number of ether oxygens (including phenoxy) is 1. The topological polar surface area (TPSA) is 77.7 Å². The lowest BCUT2D eigenvalue weighted by Crippen LogP contribution is -2.49. The number of benzene rings is 1. The highest BCUT2D eigenvalue weighted by Crippen LogP contribution is 2.29. The summed E-state index contributed by atoms with van der Waals surface area (Å²) in [5, 5.41) is 3.02. The number of carbonyl (C=O) groups is 1. The van der Waals surface area contributed by atoms with Crippen LogP contribution in [0.3, 0.4) is 0 Å². The zero-order valence-corrected chi connectivity index (χ0v) is 16.5. The number of hydrogen-bond donors (Lipinski definition) is 2. The van der Waals surface area contributed by atoms with Crippen molar-refractivity contribution >= 4 is 5.91 Å². The summed E-state index contributed by atoms with van der Waals surface area (Å²) < 4.78 is 5.57. The number of nitrogens with one attached hydrogen (secondary N) is 2. The van der Waals surface area contributed by atoms with Crippen LogP contribution in [0.1, 0.15) is 28.9 Å². The van der Waals surface area contributed by atoms with Crippen LogP contribution in [0.15, 0.2) is 47.4 Å². The van der Waals surface area contributed by atoms with E-state index in [1.165, 1.54) is 18.3 Å². The van der Waals surface area contributed by atoms with Gasteiger partial charge in [0, 0.05) is 50.6 Å². The fraction of sp³-hybridized carbons (Fsp3) is 0.429. The third kappa shape index (κ3) is 4.79. The summed E-state index contributed by atoms with van der Waals surface area (Å²) in [5.74, 6) is 0.618. The first-order valence-electron chi connectivity index (χ1n) is 9.68. The molecule has 28 heavy (non-hydrogen) atoms. The lowest BCUT2D eigenvalue weighted by molar-refractivity contribution is 0.0850. The van der Waals surface area contributed by atoms with Gasteiger partial charge in [0.2, 0.25) is 5.56 Å². The molecular formula is C21H28N4O3. The number of para-hydroxylation sites is 1. The van der Waals surface area contributed by atoms with Crippen molar-refractivity contribution < 1.29 is 9.53 Å². The highest BCUT2D eigenvalue weighted by molar-refractivity contribution is 5.93. The van der Waals surface area contributed by atoms with Gasteiger partial charge in [-0.1, -0.05) is 25.1 Å². The minimum atomic E-state index is -0.225. The van der Waals surface area contributed by atoms with Crippen molar-refractivity contribution in [3.05, 3.63) is 64.1 Å². The summed E-state index contributed by atoms with van der Waals surface area (Å²) in [6, 6.07) is 10.9. The fourth-order valence-electron chi connectivity index (χ4n) is 3.61. The van der Waals surface area contributed by atoms with Crippen molar-refractivity contribution in [3.8, 4) is 5.75 Å². The Hall–Kier alpha value is -2.64. The molecule has 1 aromatic carbocycles. The van der Waals surface area contributed by atoms with Gasteiger partial charge in [-0.2, -0.15) is 0 Å². The third-order valence-electron chi connectivity index (χ3n) is 5.30. The Balaban J connectivity index is 1.77. The number of aromatic nitrogens is 1. The van der Waals surface area contributed by atoms with Gasteiger partial charge in [-0.3, -0.25) is 14.5 Å². The number of hydrogen-bond acceptors (Lipinski definition) is 5. The largest absolute Gasteiger partial charge is 0.496 e. The lowest BCUT2D eigenvalue weighted by Gasteiger charge is -2.39. The molecule has 3 rings (SSSR count). The van der Waals surface area contributed by atoms with Crippen molar-refractivity contribution in [3.63, 3.8) is 0 Å². The standard InChI is InChI=1S/C21H28N4O3/c1-3-24-10-12-25(13-11-24)18(17-6-4-5-7-19(17)28-2)15-23-21(27)16-8-9-20(26)22-14-16/h4-9,14,18H,3,10-13,15H2,1-2H3,(H,22,26)(H,23,27). The molecule has 2 N–H and O–H groups in total. The van der Waals surface area contributed by atoms with Crippen LogP contribution >= 0.6 is 0 Å². The first-order chi connectivity index (χ1) is 13.6. The molecule has 150 valence electrons.